The largest absolute Gasteiger partial charge is 0.396 e. The minimum Gasteiger partial charge on any atom is -0.396 e. The Morgan fingerprint density at radius 1 is 1.50 bits per heavy atom. The Balaban J connectivity index is 2.82. The normalized spacial score (nSPS) is 13.1. The number of aromatic nitrogens is 2. The summed E-state index contributed by atoms with van der Waals surface area (Å²) in [7, 11) is 0. The van der Waals surface area contributed by atoms with Crippen molar-refractivity contribution in [3.63, 3.8) is 0 Å². The maximum atomic E-state index is 11.9. The van der Waals surface area contributed by atoms with Crippen molar-refractivity contribution in [2.24, 2.45) is 5.92 Å². The lowest BCUT2D eigenvalue weighted by Crippen LogP contribution is -2.24. The van der Waals surface area contributed by atoms with E-state index in [4.69, 9.17) is 5.11 Å². The number of aliphatic hydroxyl groups excluding tert-OH is 1. The first-order chi connectivity index (χ1) is 7.56. The van der Waals surface area contributed by atoms with Gasteiger partial charge in [-0.15, -0.1) is 11.8 Å². The molecule has 0 bridgehead atoms. The molecule has 90 valence electrons. The average Bonchev–Trinajstić information content (AvgIpc) is 2.26. The van der Waals surface area contributed by atoms with Gasteiger partial charge in [0.1, 0.15) is 0 Å². The maximum absolute atomic E-state index is 11.9. The monoisotopic (exact) mass is 242 g/mol. The molecule has 1 unspecified atom stereocenters. The molecule has 0 aromatic carbocycles. The fourth-order valence-electron chi connectivity index (χ4n) is 1.19. The second-order valence-corrected chi connectivity index (χ2v) is 5.15. The molecule has 0 aliphatic rings. The van der Waals surface area contributed by atoms with E-state index in [1.165, 1.54) is 11.8 Å². The lowest BCUT2D eigenvalue weighted by atomic mass is 10.2. The number of nitrogens with zero attached hydrogens (tertiary/aromatic N) is 2. The van der Waals surface area contributed by atoms with E-state index in [-0.39, 0.29) is 24.1 Å². The highest BCUT2D eigenvalue weighted by Crippen LogP contribution is 2.15. The van der Waals surface area contributed by atoms with Gasteiger partial charge in [0.25, 0.3) is 5.56 Å². The van der Waals surface area contributed by atoms with Crippen molar-refractivity contribution in [3.05, 3.63) is 22.7 Å². The van der Waals surface area contributed by atoms with E-state index in [9.17, 15) is 4.79 Å². The summed E-state index contributed by atoms with van der Waals surface area (Å²) in [5, 5.41) is 9.42. The summed E-state index contributed by atoms with van der Waals surface area (Å²) < 4.78 is 1.67. The van der Waals surface area contributed by atoms with Crippen LogP contribution in [0.25, 0.3) is 0 Å². The van der Waals surface area contributed by atoms with Crippen molar-refractivity contribution in [2.75, 3.05) is 12.4 Å². The summed E-state index contributed by atoms with van der Waals surface area (Å²) >= 11 is 1.41. The van der Waals surface area contributed by atoms with Gasteiger partial charge in [0.05, 0.1) is 0 Å². The second kappa shape index (κ2) is 6.06. The number of aliphatic hydroxyl groups is 1. The van der Waals surface area contributed by atoms with Gasteiger partial charge in [0.15, 0.2) is 5.03 Å². The summed E-state index contributed by atoms with van der Waals surface area (Å²) in [6.45, 7) is 6.01. The van der Waals surface area contributed by atoms with E-state index in [1.807, 2.05) is 20.8 Å². The van der Waals surface area contributed by atoms with Crippen LogP contribution in [0.1, 0.15) is 26.8 Å². The van der Waals surface area contributed by atoms with Crippen LogP contribution < -0.4 is 5.56 Å². The van der Waals surface area contributed by atoms with Crippen LogP contribution in [-0.4, -0.2) is 27.0 Å². The summed E-state index contributed by atoms with van der Waals surface area (Å²) in [5.74, 6) is 0.889. The van der Waals surface area contributed by atoms with Crippen LogP contribution in [-0.2, 0) is 0 Å². The standard InChI is InChI=1S/C11H18N2O2S/c1-8(2)13-5-4-12-10(11(13)15)16-7-9(3)6-14/h4-5,8-9,14H,6-7H2,1-3H3. The van der Waals surface area contributed by atoms with Gasteiger partial charge in [0.2, 0.25) is 0 Å². The van der Waals surface area contributed by atoms with E-state index in [0.29, 0.717) is 10.8 Å². The molecule has 1 rings (SSSR count). The van der Waals surface area contributed by atoms with Gasteiger partial charge >= 0.3 is 0 Å². The van der Waals surface area contributed by atoms with Crippen molar-refractivity contribution >= 4 is 11.8 Å². The first-order valence-corrected chi connectivity index (χ1v) is 6.35. The number of thioether (sulfide) groups is 1. The number of hydrogen-bond acceptors (Lipinski definition) is 4. The van der Waals surface area contributed by atoms with E-state index < -0.39 is 0 Å². The molecule has 1 atom stereocenters. The maximum Gasteiger partial charge on any atom is 0.283 e. The van der Waals surface area contributed by atoms with Crippen LogP contribution in [0.3, 0.4) is 0 Å². The van der Waals surface area contributed by atoms with Gasteiger partial charge in [-0.05, 0) is 19.8 Å². The van der Waals surface area contributed by atoms with Gasteiger partial charge in [-0.25, -0.2) is 4.98 Å². The first kappa shape index (κ1) is 13.3. The lowest BCUT2D eigenvalue weighted by Gasteiger charge is -2.11. The van der Waals surface area contributed by atoms with Crippen LogP contribution in [0.4, 0.5) is 0 Å². The van der Waals surface area contributed by atoms with Gasteiger partial charge < -0.3 is 9.67 Å². The minimum atomic E-state index is -0.0485. The van der Waals surface area contributed by atoms with Crippen molar-refractivity contribution in [1.82, 2.24) is 9.55 Å². The van der Waals surface area contributed by atoms with Crippen LogP contribution >= 0.6 is 11.8 Å². The SMILES string of the molecule is CC(CO)CSc1nccn(C(C)C)c1=O. The molecule has 4 nitrogen and oxygen atoms in total. The lowest BCUT2D eigenvalue weighted by molar-refractivity contribution is 0.250. The van der Waals surface area contributed by atoms with Gasteiger partial charge in [-0.3, -0.25) is 4.79 Å². The molecule has 0 saturated heterocycles. The molecule has 0 amide bonds. The highest BCUT2D eigenvalue weighted by molar-refractivity contribution is 7.99. The Kier molecular flexibility index (Phi) is 5.02. The van der Waals surface area contributed by atoms with Crippen molar-refractivity contribution < 1.29 is 5.11 Å². The molecular formula is C11H18N2O2S. The van der Waals surface area contributed by atoms with E-state index in [2.05, 4.69) is 4.98 Å². The molecule has 0 fully saturated rings. The molecule has 0 aliphatic carbocycles. The molecule has 0 saturated carbocycles. The smallest absolute Gasteiger partial charge is 0.283 e. The van der Waals surface area contributed by atoms with Crippen LogP contribution in [0.5, 0.6) is 0 Å². The van der Waals surface area contributed by atoms with Crippen LogP contribution in [0.2, 0.25) is 0 Å². The molecule has 1 heterocycles. The third-order valence-electron chi connectivity index (χ3n) is 2.21. The summed E-state index contributed by atoms with van der Waals surface area (Å²) in [4.78, 5) is 16.0. The molecule has 0 spiro atoms. The van der Waals surface area contributed by atoms with Crippen molar-refractivity contribution in [3.8, 4) is 0 Å². The third kappa shape index (κ3) is 3.35. The molecule has 0 aliphatic heterocycles. The average molecular weight is 242 g/mol. The van der Waals surface area contributed by atoms with Gasteiger partial charge in [-0.2, -0.15) is 0 Å². The van der Waals surface area contributed by atoms with Crippen LogP contribution in [0.15, 0.2) is 22.2 Å². The highest BCUT2D eigenvalue weighted by atomic mass is 32.2. The molecular weight excluding hydrogens is 224 g/mol. The summed E-state index contributed by atoms with van der Waals surface area (Å²) in [5.41, 5.74) is -0.0485. The summed E-state index contributed by atoms with van der Waals surface area (Å²) in [6.07, 6.45) is 3.35. The third-order valence-corrected chi connectivity index (χ3v) is 3.50. The Labute approximate surface area is 99.7 Å². The molecule has 16 heavy (non-hydrogen) atoms. The van der Waals surface area contributed by atoms with E-state index in [0.717, 1.165) is 0 Å². The van der Waals surface area contributed by atoms with Crippen molar-refractivity contribution in [2.45, 2.75) is 31.8 Å². The Bertz CT molecular complexity index is 390. The molecule has 1 aromatic heterocycles. The predicted octanol–water partition coefficient (Wildman–Crippen LogP) is 1.54. The zero-order chi connectivity index (χ0) is 12.1. The van der Waals surface area contributed by atoms with Gasteiger partial charge in [-0.1, -0.05) is 6.92 Å². The second-order valence-electron chi connectivity index (χ2n) is 4.14. The summed E-state index contributed by atoms with van der Waals surface area (Å²) in [6, 6.07) is 0.144. The molecule has 5 heteroatoms. The van der Waals surface area contributed by atoms with Crippen LogP contribution in [0, 0.1) is 5.92 Å². The Hall–Kier alpha value is -0.810. The van der Waals surface area contributed by atoms with E-state index in [1.54, 1.807) is 17.0 Å². The topological polar surface area (TPSA) is 55.1 Å². The predicted molar refractivity (Wildman–Crippen MR) is 65.9 cm³/mol. The minimum absolute atomic E-state index is 0.0485. The highest BCUT2D eigenvalue weighted by Gasteiger charge is 2.09. The Morgan fingerprint density at radius 2 is 2.19 bits per heavy atom. The van der Waals surface area contributed by atoms with Crippen molar-refractivity contribution in [1.29, 1.82) is 0 Å². The number of hydrogen-bond donors (Lipinski definition) is 1. The fraction of sp³-hybridized carbons (Fsp3) is 0.636. The molecule has 1 aromatic rings. The quantitative estimate of drug-likeness (QED) is 0.796. The molecule has 1 N–H and O–H groups in total. The fourth-order valence-corrected chi connectivity index (χ4v) is 2.10. The zero-order valence-corrected chi connectivity index (χ0v) is 10.7. The zero-order valence-electron chi connectivity index (χ0n) is 9.88. The van der Waals surface area contributed by atoms with E-state index >= 15 is 0 Å². The van der Waals surface area contributed by atoms with Gasteiger partial charge in [0, 0.05) is 30.8 Å². The first-order valence-electron chi connectivity index (χ1n) is 5.37. The number of rotatable bonds is 5. The molecule has 0 radical (unpaired) electrons. The Morgan fingerprint density at radius 3 is 2.75 bits per heavy atom.